The second kappa shape index (κ2) is 7.61. The van der Waals surface area contributed by atoms with E-state index < -0.39 is 10.0 Å². The van der Waals surface area contributed by atoms with Gasteiger partial charge < -0.3 is 14.6 Å². The lowest BCUT2D eigenvalue weighted by Crippen LogP contribution is -2.34. The topological polar surface area (TPSA) is 78.7 Å². The fourth-order valence-electron chi connectivity index (χ4n) is 3.29. The number of benzene rings is 1. The summed E-state index contributed by atoms with van der Waals surface area (Å²) in [6.45, 7) is 3.25. The number of aromatic nitrogens is 1. The van der Waals surface area contributed by atoms with Gasteiger partial charge in [-0.3, -0.25) is 0 Å². The van der Waals surface area contributed by atoms with Crippen molar-refractivity contribution >= 4 is 15.7 Å². The Morgan fingerprint density at radius 1 is 1.22 bits per heavy atom. The van der Waals surface area contributed by atoms with Crippen LogP contribution in [-0.4, -0.2) is 55.8 Å². The number of rotatable bonds is 6. The van der Waals surface area contributed by atoms with Crippen LogP contribution in [0.3, 0.4) is 0 Å². The Hall–Kier alpha value is -1.90. The molecule has 0 amide bonds. The zero-order chi connectivity index (χ0) is 18.9. The van der Waals surface area contributed by atoms with Crippen LogP contribution in [0.4, 0.5) is 5.69 Å². The van der Waals surface area contributed by atoms with Crippen molar-refractivity contribution in [3.63, 3.8) is 0 Å². The summed E-state index contributed by atoms with van der Waals surface area (Å²) in [5.74, 6) is 2.06. The Labute approximate surface area is 160 Å². The maximum Gasteiger partial charge on any atom is 0.243 e. The molecule has 146 valence electrons. The summed E-state index contributed by atoms with van der Waals surface area (Å²) >= 11 is 0. The van der Waals surface area contributed by atoms with Gasteiger partial charge in [-0.1, -0.05) is 6.07 Å². The van der Waals surface area contributed by atoms with Crippen LogP contribution in [0.5, 0.6) is 0 Å². The Morgan fingerprint density at radius 3 is 2.89 bits per heavy atom. The van der Waals surface area contributed by atoms with Gasteiger partial charge in [0.2, 0.25) is 10.0 Å². The predicted octanol–water partition coefficient (Wildman–Crippen LogP) is 2.49. The van der Waals surface area contributed by atoms with E-state index in [4.69, 9.17) is 4.42 Å². The lowest BCUT2D eigenvalue weighted by molar-refractivity contribution is 0.347. The smallest absolute Gasteiger partial charge is 0.243 e. The monoisotopic (exact) mass is 390 g/mol. The van der Waals surface area contributed by atoms with Crippen molar-refractivity contribution in [2.45, 2.75) is 36.6 Å². The molecule has 1 aromatic heterocycles. The molecule has 2 heterocycles. The second-order valence-electron chi connectivity index (χ2n) is 7.38. The highest BCUT2D eigenvalue weighted by Crippen LogP contribution is 2.39. The van der Waals surface area contributed by atoms with Crippen molar-refractivity contribution in [3.8, 4) is 0 Å². The zero-order valence-electron chi connectivity index (χ0n) is 15.6. The van der Waals surface area contributed by atoms with Crippen LogP contribution in [0.1, 0.15) is 36.8 Å². The van der Waals surface area contributed by atoms with Gasteiger partial charge in [0.1, 0.15) is 5.76 Å². The molecule has 2 aromatic rings. The minimum atomic E-state index is -3.48. The Bertz CT molecular complexity index is 892. The number of sulfonamides is 1. The summed E-state index contributed by atoms with van der Waals surface area (Å²) in [5.41, 5.74) is 0.757. The second-order valence-corrected chi connectivity index (χ2v) is 9.32. The first kappa shape index (κ1) is 18.5. The highest BCUT2D eigenvalue weighted by atomic mass is 32.2. The Kier molecular flexibility index (Phi) is 5.21. The molecular formula is C19H26N4O3S. The number of hydrogen-bond acceptors (Lipinski definition) is 6. The van der Waals surface area contributed by atoms with Crippen LogP contribution >= 0.6 is 0 Å². The minimum Gasteiger partial charge on any atom is -0.444 e. The molecule has 1 saturated heterocycles. The highest BCUT2D eigenvalue weighted by molar-refractivity contribution is 7.89. The van der Waals surface area contributed by atoms with E-state index >= 15 is 0 Å². The van der Waals surface area contributed by atoms with Gasteiger partial charge in [-0.25, -0.2) is 13.4 Å². The molecule has 1 saturated carbocycles. The quantitative estimate of drug-likeness (QED) is 0.816. The van der Waals surface area contributed by atoms with Crippen molar-refractivity contribution in [3.05, 3.63) is 42.1 Å². The van der Waals surface area contributed by atoms with Crippen LogP contribution in [-0.2, 0) is 16.6 Å². The Balaban J connectivity index is 1.44. The summed E-state index contributed by atoms with van der Waals surface area (Å²) in [5, 5.41) is 3.24. The van der Waals surface area contributed by atoms with Crippen molar-refractivity contribution in [1.82, 2.24) is 14.2 Å². The molecule has 2 fully saturated rings. The maximum absolute atomic E-state index is 13.0. The Morgan fingerprint density at radius 2 is 2.07 bits per heavy atom. The van der Waals surface area contributed by atoms with E-state index in [0.717, 1.165) is 49.7 Å². The first-order valence-corrected chi connectivity index (χ1v) is 10.9. The first-order valence-electron chi connectivity index (χ1n) is 9.49. The molecule has 0 bridgehead atoms. The van der Waals surface area contributed by atoms with Crippen LogP contribution < -0.4 is 5.32 Å². The number of hydrogen-bond donors (Lipinski definition) is 1. The van der Waals surface area contributed by atoms with E-state index in [9.17, 15) is 8.42 Å². The third kappa shape index (κ3) is 4.34. The third-order valence-electron chi connectivity index (χ3n) is 5.12. The third-order valence-corrected chi connectivity index (χ3v) is 7.01. The van der Waals surface area contributed by atoms with Crippen LogP contribution in [0, 0.1) is 0 Å². The lowest BCUT2D eigenvalue weighted by Gasteiger charge is -2.20. The maximum atomic E-state index is 13.0. The van der Waals surface area contributed by atoms with Crippen molar-refractivity contribution in [2.75, 3.05) is 38.5 Å². The zero-order valence-corrected chi connectivity index (χ0v) is 16.4. The lowest BCUT2D eigenvalue weighted by atomic mass is 10.3. The summed E-state index contributed by atoms with van der Waals surface area (Å²) in [6, 6.07) is 7.00. The number of anilines is 1. The molecule has 1 aromatic carbocycles. The van der Waals surface area contributed by atoms with E-state index in [1.54, 1.807) is 28.7 Å². The fourth-order valence-corrected chi connectivity index (χ4v) is 4.81. The molecule has 0 radical (unpaired) electrons. The molecule has 0 unspecified atom stereocenters. The first-order chi connectivity index (χ1) is 13.0. The van der Waals surface area contributed by atoms with E-state index in [1.165, 1.54) is 0 Å². The van der Waals surface area contributed by atoms with Gasteiger partial charge in [0.25, 0.3) is 0 Å². The standard InChI is InChI=1S/C19H26N4O3S/c1-22-8-3-9-23(11-10-22)27(24,25)18-5-2-4-16(12-18)20-13-17-14-21-19(26-17)15-6-7-15/h2,4-5,12,14-15,20H,3,6-11,13H2,1H3. The average Bonchev–Trinajstić information content (AvgIpc) is 3.44. The molecule has 1 aliphatic carbocycles. The number of oxazole rings is 1. The van der Waals surface area contributed by atoms with Crippen molar-refractivity contribution in [2.24, 2.45) is 0 Å². The average molecular weight is 391 g/mol. The van der Waals surface area contributed by atoms with E-state index in [0.29, 0.717) is 30.4 Å². The van der Waals surface area contributed by atoms with Gasteiger partial charge in [-0.15, -0.1) is 0 Å². The van der Waals surface area contributed by atoms with Crippen LogP contribution in [0.2, 0.25) is 0 Å². The molecule has 2 aliphatic rings. The van der Waals surface area contributed by atoms with Gasteiger partial charge >= 0.3 is 0 Å². The molecule has 0 spiro atoms. The number of nitrogens with zero attached hydrogens (tertiary/aromatic N) is 3. The highest BCUT2D eigenvalue weighted by Gasteiger charge is 2.28. The molecule has 4 rings (SSSR count). The summed E-state index contributed by atoms with van der Waals surface area (Å²) in [6.07, 6.45) is 4.90. The predicted molar refractivity (Wildman–Crippen MR) is 103 cm³/mol. The summed E-state index contributed by atoms with van der Waals surface area (Å²) in [7, 11) is -1.46. The van der Waals surface area contributed by atoms with Gasteiger partial charge in [-0.2, -0.15) is 4.31 Å². The molecular weight excluding hydrogens is 364 g/mol. The molecule has 1 N–H and O–H groups in total. The van der Waals surface area contributed by atoms with Crippen LogP contribution in [0.15, 0.2) is 39.8 Å². The fraction of sp³-hybridized carbons (Fsp3) is 0.526. The minimum absolute atomic E-state index is 0.327. The van der Waals surface area contributed by atoms with E-state index in [2.05, 4.69) is 15.2 Å². The molecule has 8 heteroatoms. The van der Waals surface area contributed by atoms with Gasteiger partial charge in [0.05, 0.1) is 17.6 Å². The van der Waals surface area contributed by atoms with Gasteiger partial charge in [-0.05, 0) is 51.1 Å². The molecule has 0 atom stereocenters. The van der Waals surface area contributed by atoms with Gasteiger partial charge in [0, 0.05) is 31.2 Å². The largest absolute Gasteiger partial charge is 0.444 e. The molecule has 1 aliphatic heterocycles. The SMILES string of the molecule is CN1CCCN(S(=O)(=O)c2cccc(NCc3cnc(C4CC4)o3)c2)CC1. The number of likely N-dealkylation sites (N-methyl/N-ethyl adjacent to an activating group) is 1. The molecule has 27 heavy (non-hydrogen) atoms. The molecule has 7 nitrogen and oxygen atoms in total. The van der Waals surface area contributed by atoms with Gasteiger partial charge in [0.15, 0.2) is 5.89 Å². The normalized spacial score (nSPS) is 19.7. The van der Waals surface area contributed by atoms with Crippen LogP contribution in [0.25, 0.3) is 0 Å². The van der Waals surface area contributed by atoms with Crippen molar-refractivity contribution in [1.29, 1.82) is 0 Å². The van der Waals surface area contributed by atoms with Crippen molar-refractivity contribution < 1.29 is 12.8 Å². The van der Waals surface area contributed by atoms with E-state index in [1.807, 2.05) is 13.1 Å². The van der Waals surface area contributed by atoms with E-state index in [-0.39, 0.29) is 0 Å². The summed E-state index contributed by atoms with van der Waals surface area (Å²) in [4.78, 5) is 6.80. The summed E-state index contributed by atoms with van der Waals surface area (Å²) < 4.78 is 33.4. The number of nitrogens with one attached hydrogen (secondary N) is 1.